The second kappa shape index (κ2) is 6.28. The van der Waals surface area contributed by atoms with E-state index in [-0.39, 0.29) is 3.57 Å². The third-order valence-corrected chi connectivity index (χ3v) is 9.24. The van der Waals surface area contributed by atoms with E-state index in [0.29, 0.717) is 5.56 Å². The summed E-state index contributed by atoms with van der Waals surface area (Å²) in [5.41, 5.74) is -5.08. The first-order chi connectivity index (χ1) is 9.32. The molecule has 0 aliphatic carbocycles. The van der Waals surface area contributed by atoms with Crippen LogP contribution in [0.2, 0.25) is 0 Å². The summed E-state index contributed by atoms with van der Waals surface area (Å²) in [6.07, 6.45) is -4.82. The summed E-state index contributed by atoms with van der Waals surface area (Å²) in [6.45, 7) is 1.62. The molecule has 122 valence electrons. The fourth-order valence-corrected chi connectivity index (χ4v) is 7.19. The van der Waals surface area contributed by atoms with Crippen LogP contribution in [0.4, 0.5) is 26.3 Å². The molecule has 0 fully saturated rings. The standard InChI is InChI=1S/C10H9F6IO3S/c1-7-2-4-8(5-3-7)17(6-9(11,12)13)20-21(18,19)10(14,15)16/h2-5H,6H2,1H3. The molecule has 11 heteroatoms. The zero-order valence-electron chi connectivity index (χ0n) is 10.3. The molecule has 3 nitrogen and oxygen atoms in total. The molecule has 0 spiro atoms. The zero-order valence-corrected chi connectivity index (χ0v) is 13.3. The summed E-state index contributed by atoms with van der Waals surface area (Å²) in [4.78, 5) is 0. The molecule has 0 atom stereocenters. The second-order valence-corrected chi connectivity index (χ2v) is 10.2. The Kier molecular flexibility index (Phi) is 5.53. The summed E-state index contributed by atoms with van der Waals surface area (Å²) in [7, 11) is -6.06. The summed E-state index contributed by atoms with van der Waals surface area (Å²) in [6, 6.07) is 5.05. The summed E-state index contributed by atoms with van der Waals surface area (Å²) in [5.74, 6) is 0. The first kappa shape index (κ1) is 18.5. The van der Waals surface area contributed by atoms with Crippen molar-refractivity contribution in [3.63, 3.8) is 0 Å². The number of alkyl halides is 7. The van der Waals surface area contributed by atoms with Gasteiger partial charge in [0.25, 0.3) is 0 Å². The van der Waals surface area contributed by atoms with Gasteiger partial charge in [0.05, 0.1) is 0 Å². The quantitative estimate of drug-likeness (QED) is 0.302. The van der Waals surface area contributed by atoms with Crippen molar-refractivity contribution in [3.8, 4) is 0 Å². The van der Waals surface area contributed by atoms with Crippen molar-refractivity contribution in [2.75, 3.05) is 4.43 Å². The van der Waals surface area contributed by atoms with Crippen LogP contribution in [0, 0.1) is 10.5 Å². The molecule has 1 rings (SSSR count). The molecule has 0 saturated carbocycles. The van der Waals surface area contributed by atoms with Crippen molar-refractivity contribution in [1.29, 1.82) is 0 Å². The van der Waals surface area contributed by atoms with Gasteiger partial charge in [-0.05, 0) is 0 Å². The van der Waals surface area contributed by atoms with E-state index in [2.05, 4.69) is 2.51 Å². The van der Waals surface area contributed by atoms with Gasteiger partial charge in [-0.15, -0.1) is 0 Å². The third-order valence-electron chi connectivity index (χ3n) is 1.97. The Morgan fingerprint density at radius 1 is 1.05 bits per heavy atom. The molecule has 21 heavy (non-hydrogen) atoms. The van der Waals surface area contributed by atoms with Crippen LogP contribution >= 0.6 is 20.2 Å². The van der Waals surface area contributed by atoms with Gasteiger partial charge in [0.15, 0.2) is 0 Å². The molecular formula is C10H9F6IO3S. The maximum absolute atomic E-state index is 12.4. The van der Waals surface area contributed by atoms with Crippen molar-refractivity contribution in [2.45, 2.75) is 18.6 Å². The molecule has 0 radical (unpaired) electrons. The molecule has 0 amide bonds. The van der Waals surface area contributed by atoms with Crippen molar-refractivity contribution in [3.05, 3.63) is 33.4 Å². The summed E-state index contributed by atoms with van der Waals surface area (Å²) < 4.78 is 97.8. The van der Waals surface area contributed by atoms with Crippen LogP contribution in [0.3, 0.4) is 0 Å². The Hall–Kier alpha value is -0.560. The third kappa shape index (κ3) is 5.62. The molecule has 1 aromatic carbocycles. The van der Waals surface area contributed by atoms with Gasteiger partial charge in [0, 0.05) is 0 Å². The number of hydrogen-bond acceptors (Lipinski definition) is 3. The van der Waals surface area contributed by atoms with E-state index in [0.717, 1.165) is 12.1 Å². The van der Waals surface area contributed by atoms with Gasteiger partial charge in [-0.1, -0.05) is 0 Å². The first-order valence-electron chi connectivity index (χ1n) is 5.12. The Morgan fingerprint density at radius 2 is 1.52 bits per heavy atom. The van der Waals surface area contributed by atoms with Gasteiger partial charge in [-0.2, -0.15) is 0 Å². The topological polar surface area (TPSA) is 43.4 Å². The van der Waals surface area contributed by atoms with Crippen LogP contribution in [0.5, 0.6) is 0 Å². The van der Waals surface area contributed by atoms with Gasteiger partial charge >= 0.3 is 124 Å². The molecule has 0 aromatic heterocycles. The summed E-state index contributed by atoms with van der Waals surface area (Å²) >= 11 is -4.10. The maximum atomic E-state index is 12.4. The van der Waals surface area contributed by atoms with E-state index < -0.39 is 46.5 Å². The minimum atomic E-state index is -6.06. The molecular weight excluding hydrogens is 441 g/mol. The van der Waals surface area contributed by atoms with Crippen LogP contribution < -0.4 is 0 Å². The average Bonchev–Trinajstić information content (AvgIpc) is 2.25. The molecule has 0 N–H and O–H groups in total. The van der Waals surface area contributed by atoms with Gasteiger partial charge in [0.2, 0.25) is 0 Å². The molecule has 0 saturated heterocycles. The monoisotopic (exact) mass is 450 g/mol. The van der Waals surface area contributed by atoms with Gasteiger partial charge < -0.3 is 0 Å². The molecule has 0 aliphatic heterocycles. The van der Waals surface area contributed by atoms with Crippen LogP contribution in [0.25, 0.3) is 0 Å². The van der Waals surface area contributed by atoms with E-state index >= 15 is 0 Å². The zero-order chi connectivity index (χ0) is 16.5. The van der Waals surface area contributed by atoms with Crippen LogP contribution in [0.1, 0.15) is 5.56 Å². The SMILES string of the molecule is Cc1ccc(I(CC(F)(F)F)OS(=O)(=O)C(F)(F)F)cc1. The minimum absolute atomic E-state index is 0.157. The van der Waals surface area contributed by atoms with E-state index in [9.17, 15) is 34.8 Å². The Labute approximate surface area is 124 Å². The number of halogens is 7. The van der Waals surface area contributed by atoms with Crippen LogP contribution in [0.15, 0.2) is 24.3 Å². The normalized spacial score (nSPS) is 14.1. The molecule has 1 aromatic rings. The fourth-order valence-electron chi connectivity index (χ4n) is 1.08. The van der Waals surface area contributed by atoms with Crippen LogP contribution in [-0.2, 0) is 12.6 Å². The molecule has 0 bridgehead atoms. The number of aryl methyl sites for hydroxylation is 1. The Balaban J connectivity index is 3.13. The molecule has 0 aliphatic rings. The molecule has 0 heterocycles. The predicted molar refractivity (Wildman–Crippen MR) is 70.9 cm³/mol. The average molecular weight is 450 g/mol. The number of hydrogen-bond donors (Lipinski definition) is 0. The number of rotatable bonds is 4. The van der Waals surface area contributed by atoms with Gasteiger partial charge in [-0.25, -0.2) is 0 Å². The van der Waals surface area contributed by atoms with E-state index in [4.69, 9.17) is 0 Å². The van der Waals surface area contributed by atoms with Gasteiger partial charge in [-0.3, -0.25) is 0 Å². The van der Waals surface area contributed by atoms with Crippen molar-refractivity contribution < 1.29 is 37.3 Å². The fraction of sp³-hybridized carbons (Fsp3) is 0.400. The van der Waals surface area contributed by atoms with Crippen molar-refractivity contribution in [2.24, 2.45) is 0 Å². The van der Waals surface area contributed by atoms with Crippen molar-refractivity contribution in [1.82, 2.24) is 0 Å². The van der Waals surface area contributed by atoms with E-state index in [1.807, 2.05) is 0 Å². The summed E-state index contributed by atoms with van der Waals surface area (Å²) in [5, 5.41) is 0. The number of benzene rings is 1. The predicted octanol–water partition coefficient (Wildman–Crippen LogP) is 4.01. The van der Waals surface area contributed by atoms with E-state index in [1.54, 1.807) is 6.92 Å². The molecule has 0 unspecified atom stereocenters. The van der Waals surface area contributed by atoms with Crippen LogP contribution in [-0.4, -0.2) is 24.5 Å². The van der Waals surface area contributed by atoms with E-state index in [1.165, 1.54) is 12.1 Å². The second-order valence-electron chi connectivity index (χ2n) is 3.83. The first-order valence-corrected chi connectivity index (χ1v) is 10.0. The van der Waals surface area contributed by atoms with Gasteiger partial charge in [0.1, 0.15) is 0 Å². The Morgan fingerprint density at radius 3 is 1.90 bits per heavy atom. The van der Waals surface area contributed by atoms with Crippen molar-refractivity contribution >= 4 is 30.4 Å². The Bertz CT molecular complexity index is 578.